The summed E-state index contributed by atoms with van der Waals surface area (Å²) in [5.41, 5.74) is 1.25. The lowest BCUT2D eigenvalue weighted by molar-refractivity contribution is -0.383. The van der Waals surface area contributed by atoms with Crippen molar-refractivity contribution >= 4 is 17.1 Å². The van der Waals surface area contributed by atoms with E-state index in [1.165, 1.54) is 0 Å². The van der Waals surface area contributed by atoms with Crippen LogP contribution in [-0.4, -0.2) is 43.6 Å². The molecule has 2 N–H and O–H groups in total. The van der Waals surface area contributed by atoms with Crippen molar-refractivity contribution in [3.05, 3.63) is 28.3 Å². The van der Waals surface area contributed by atoms with E-state index in [4.69, 9.17) is 0 Å². The van der Waals surface area contributed by atoms with Gasteiger partial charge in [-0.05, 0) is 38.1 Å². The molecule has 0 spiro atoms. The second-order valence-electron chi connectivity index (χ2n) is 5.01. The lowest BCUT2D eigenvalue weighted by Gasteiger charge is -2.14. The van der Waals surface area contributed by atoms with Crippen molar-refractivity contribution in [1.29, 1.82) is 0 Å². The predicted molar refractivity (Wildman–Crippen MR) is 76.7 cm³/mol. The highest BCUT2D eigenvalue weighted by atomic mass is 16.6. The molecule has 1 aromatic rings. The first-order valence-corrected chi connectivity index (χ1v) is 6.49. The van der Waals surface area contributed by atoms with Crippen LogP contribution in [0.15, 0.2) is 18.2 Å². The zero-order valence-corrected chi connectivity index (χ0v) is 11.3. The number of nitrogens with one attached hydrogen (secondary N) is 2. The number of likely N-dealkylation sites (tertiary alicyclic amines) is 1. The van der Waals surface area contributed by atoms with E-state index in [9.17, 15) is 10.1 Å². The van der Waals surface area contributed by atoms with Gasteiger partial charge in [-0.2, -0.15) is 0 Å². The van der Waals surface area contributed by atoms with E-state index in [1.54, 1.807) is 19.2 Å². The number of rotatable bonds is 5. The summed E-state index contributed by atoms with van der Waals surface area (Å²) in [7, 11) is 3.79. The largest absolute Gasteiger partial charge is 0.382 e. The van der Waals surface area contributed by atoms with Crippen molar-refractivity contribution < 1.29 is 4.92 Å². The smallest absolute Gasteiger partial charge is 0.315 e. The summed E-state index contributed by atoms with van der Waals surface area (Å²) in [5.74, 6) is 0.558. The summed E-state index contributed by atoms with van der Waals surface area (Å²) < 4.78 is 0. The average molecular weight is 264 g/mol. The standard InChI is InChI=1S/C13H20N4O2/c1-14-11-4-3-5-12(13(11)17(18)19)15-8-10-6-7-16(2)9-10/h3-5,10,14-15H,6-9H2,1-2H3. The van der Waals surface area contributed by atoms with Gasteiger partial charge < -0.3 is 15.5 Å². The Kier molecular flexibility index (Phi) is 4.21. The molecule has 1 atom stereocenters. The van der Waals surface area contributed by atoms with Crippen molar-refractivity contribution in [1.82, 2.24) is 4.90 Å². The van der Waals surface area contributed by atoms with Gasteiger partial charge in [0.05, 0.1) is 4.92 Å². The molecule has 0 saturated carbocycles. The Balaban J connectivity index is 2.09. The topological polar surface area (TPSA) is 70.4 Å². The van der Waals surface area contributed by atoms with Crippen LogP contribution < -0.4 is 10.6 Å². The third-order valence-corrected chi connectivity index (χ3v) is 3.56. The number of anilines is 2. The predicted octanol–water partition coefficient (Wildman–Crippen LogP) is 2.00. The van der Waals surface area contributed by atoms with Crippen molar-refractivity contribution in [3.63, 3.8) is 0 Å². The molecule has 1 fully saturated rings. The second-order valence-corrected chi connectivity index (χ2v) is 5.01. The van der Waals surface area contributed by atoms with Gasteiger partial charge in [-0.3, -0.25) is 10.1 Å². The Labute approximate surface area is 112 Å². The molecule has 0 bridgehead atoms. The van der Waals surface area contributed by atoms with E-state index < -0.39 is 0 Å². The molecule has 0 aromatic heterocycles. The molecule has 1 saturated heterocycles. The fourth-order valence-corrected chi connectivity index (χ4v) is 2.53. The molecule has 0 aliphatic carbocycles. The van der Waals surface area contributed by atoms with Gasteiger partial charge in [-0.15, -0.1) is 0 Å². The molecule has 2 rings (SSSR count). The summed E-state index contributed by atoms with van der Waals surface area (Å²) in [5, 5.41) is 17.3. The highest BCUT2D eigenvalue weighted by Gasteiger charge is 2.22. The third-order valence-electron chi connectivity index (χ3n) is 3.56. The van der Waals surface area contributed by atoms with Crippen LogP contribution in [0.3, 0.4) is 0 Å². The van der Waals surface area contributed by atoms with E-state index in [2.05, 4.69) is 22.6 Å². The van der Waals surface area contributed by atoms with Crippen molar-refractivity contribution in [2.45, 2.75) is 6.42 Å². The van der Waals surface area contributed by atoms with Crippen LogP contribution in [0.25, 0.3) is 0 Å². The van der Waals surface area contributed by atoms with Crippen LogP contribution in [0, 0.1) is 16.0 Å². The van der Waals surface area contributed by atoms with Crippen LogP contribution in [0.2, 0.25) is 0 Å². The first-order valence-electron chi connectivity index (χ1n) is 6.49. The number of nitrogens with zero attached hydrogens (tertiary/aromatic N) is 2. The fraction of sp³-hybridized carbons (Fsp3) is 0.538. The number of para-hydroxylation sites is 1. The summed E-state index contributed by atoms with van der Waals surface area (Å²) in [4.78, 5) is 13.1. The Morgan fingerprint density at radius 1 is 1.47 bits per heavy atom. The molecule has 1 unspecified atom stereocenters. The van der Waals surface area contributed by atoms with Gasteiger partial charge in [-0.1, -0.05) is 6.07 Å². The van der Waals surface area contributed by atoms with E-state index in [1.807, 2.05) is 6.07 Å². The van der Waals surface area contributed by atoms with E-state index in [0.29, 0.717) is 17.3 Å². The number of nitro groups is 1. The first kappa shape index (κ1) is 13.6. The molecular weight excluding hydrogens is 244 g/mol. The number of nitro benzene ring substituents is 1. The van der Waals surface area contributed by atoms with Crippen LogP contribution in [0.1, 0.15) is 6.42 Å². The summed E-state index contributed by atoms with van der Waals surface area (Å²) >= 11 is 0. The first-order chi connectivity index (χ1) is 9.11. The van der Waals surface area contributed by atoms with Gasteiger partial charge >= 0.3 is 5.69 Å². The van der Waals surface area contributed by atoms with Crippen LogP contribution >= 0.6 is 0 Å². The Hall–Kier alpha value is -1.82. The molecule has 0 amide bonds. The SMILES string of the molecule is CNc1cccc(NCC2CCN(C)C2)c1[N+](=O)[O-]. The van der Waals surface area contributed by atoms with Gasteiger partial charge in [0, 0.05) is 20.1 Å². The highest BCUT2D eigenvalue weighted by molar-refractivity contribution is 5.75. The lowest BCUT2D eigenvalue weighted by atomic mass is 10.1. The normalized spacial score (nSPS) is 19.4. The van der Waals surface area contributed by atoms with E-state index >= 15 is 0 Å². The zero-order chi connectivity index (χ0) is 13.8. The Morgan fingerprint density at radius 2 is 2.21 bits per heavy atom. The molecule has 19 heavy (non-hydrogen) atoms. The molecule has 0 radical (unpaired) electrons. The minimum Gasteiger partial charge on any atom is -0.382 e. The number of hydrogen-bond acceptors (Lipinski definition) is 5. The van der Waals surface area contributed by atoms with Gasteiger partial charge in [0.2, 0.25) is 0 Å². The van der Waals surface area contributed by atoms with E-state index in [-0.39, 0.29) is 10.6 Å². The maximum atomic E-state index is 11.2. The third kappa shape index (κ3) is 3.14. The molecule has 104 valence electrons. The minimum atomic E-state index is -0.338. The quantitative estimate of drug-likeness (QED) is 0.628. The monoisotopic (exact) mass is 264 g/mol. The summed E-state index contributed by atoms with van der Waals surface area (Å²) in [6.07, 6.45) is 1.14. The highest BCUT2D eigenvalue weighted by Crippen LogP contribution is 2.32. The maximum Gasteiger partial charge on any atom is 0.315 e. The summed E-state index contributed by atoms with van der Waals surface area (Å²) in [6.45, 7) is 2.93. The molecule has 1 aromatic carbocycles. The van der Waals surface area contributed by atoms with Crippen molar-refractivity contribution in [3.8, 4) is 0 Å². The van der Waals surface area contributed by atoms with Crippen LogP contribution in [-0.2, 0) is 0 Å². The second kappa shape index (κ2) is 5.88. The molecule has 1 heterocycles. The van der Waals surface area contributed by atoms with Crippen molar-refractivity contribution in [2.75, 3.05) is 44.4 Å². The average Bonchev–Trinajstić information content (AvgIpc) is 2.81. The maximum absolute atomic E-state index is 11.2. The minimum absolute atomic E-state index is 0.122. The molecule has 6 heteroatoms. The molecule has 1 aliphatic rings. The fourth-order valence-electron chi connectivity index (χ4n) is 2.53. The van der Waals surface area contributed by atoms with Crippen molar-refractivity contribution in [2.24, 2.45) is 5.92 Å². The Morgan fingerprint density at radius 3 is 2.79 bits per heavy atom. The van der Waals surface area contributed by atoms with Gasteiger partial charge in [0.15, 0.2) is 0 Å². The van der Waals surface area contributed by atoms with Crippen LogP contribution in [0.5, 0.6) is 0 Å². The van der Waals surface area contributed by atoms with Gasteiger partial charge in [-0.25, -0.2) is 0 Å². The molecule has 1 aliphatic heterocycles. The number of hydrogen-bond donors (Lipinski definition) is 2. The molecular formula is C13H20N4O2. The zero-order valence-electron chi connectivity index (χ0n) is 11.3. The Bertz CT molecular complexity index is 464. The van der Waals surface area contributed by atoms with Gasteiger partial charge in [0.1, 0.15) is 11.4 Å². The van der Waals surface area contributed by atoms with E-state index in [0.717, 1.165) is 26.1 Å². The van der Waals surface area contributed by atoms with Gasteiger partial charge in [0.25, 0.3) is 0 Å². The number of benzene rings is 1. The lowest BCUT2D eigenvalue weighted by Crippen LogP contribution is -2.19. The molecule has 6 nitrogen and oxygen atoms in total. The summed E-state index contributed by atoms with van der Waals surface area (Å²) in [6, 6.07) is 5.30. The van der Waals surface area contributed by atoms with Crippen LogP contribution in [0.4, 0.5) is 17.1 Å².